The van der Waals surface area contributed by atoms with Crippen molar-refractivity contribution >= 4 is 45.5 Å². The number of esters is 1. The summed E-state index contributed by atoms with van der Waals surface area (Å²) in [7, 11) is 0. The number of hydrogen-bond donors (Lipinski definition) is 1. The van der Waals surface area contributed by atoms with E-state index in [0.717, 1.165) is 49.1 Å². The number of ether oxygens (including phenoxy) is 2. The van der Waals surface area contributed by atoms with Crippen molar-refractivity contribution < 1.29 is 19.1 Å². The van der Waals surface area contributed by atoms with Crippen LogP contribution in [-0.2, 0) is 27.1 Å². The van der Waals surface area contributed by atoms with Crippen molar-refractivity contribution in [3.63, 3.8) is 0 Å². The molecule has 2 aliphatic heterocycles. The molecule has 9 heteroatoms. The van der Waals surface area contributed by atoms with E-state index < -0.39 is 0 Å². The van der Waals surface area contributed by atoms with Crippen LogP contribution in [0.25, 0.3) is 0 Å². The van der Waals surface area contributed by atoms with Gasteiger partial charge in [0.1, 0.15) is 11.1 Å². The maximum atomic E-state index is 12.8. The standard InChI is InChI=1S/C23H33N3O4S2/c1-2-29-22(28)19-16-8-5-3-4-6-10-18(16)32-20(19)24-23(31)26-13-11-25(12-14-26)21(27)17-9-7-15-30-17/h17H,2-15H2,1H3,(H,24,31)/t17-/m1/s1. The molecule has 2 saturated heterocycles. The van der Waals surface area contributed by atoms with E-state index in [1.165, 1.54) is 17.7 Å². The summed E-state index contributed by atoms with van der Waals surface area (Å²) in [5.74, 6) is -0.161. The summed E-state index contributed by atoms with van der Waals surface area (Å²) in [5, 5.41) is 4.77. The molecule has 1 aliphatic carbocycles. The van der Waals surface area contributed by atoms with Gasteiger partial charge in [0.2, 0.25) is 0 Å². The average Bonchev–Trinajstić information content (AvgIpc) is 3.42. The lowest BCUT2D eigenvalue weighted by atomic mass is 9.96. The SMILES string of the molecule is CCOC(=O)c1c(NC(=S)N2CCN(C(=O)[C@H]3CCCO3)CC2)sc2c1CCCCCC2. The number of thiophene rings is 1. The quantitative estimate of drug-likeness (QED) is 0.523. The zero-order chi connectivity index (χ0) is 22.5. The van der Waals surface area contributed by atoms with Crippen LogP contribution in [0.3, 0.4) is 0 Å². The molecule has 176 valence electrons. The largest absolute Gasteiger partial charge is 0.462 e. The predicted molar refractivity (Wildman–Crippen MR) is 129 cm³/mol. The van der Waals surface area contributed by atoms with Gasteiger partial charge in [-0.25, -0.2) is 4.79 Å². The van der Waals surface area contributed by atoms with Gasteiger partial charge in [0, 0.05) is 37.7 Å². The molecule has 1 N–H and O–H groups in total. The fraction of sp³-hybridized carbons (Fsp3) is 0.696. The maximum Gasteiger partial charge on any atom is 0.341 e. The van der Waals surface area contributed by atoms with Crippen molar-refractivity contribution in [2.24, 2.45) is 0 Å². The summed E-state index contributed by atoms with van der Waals surface area (Å²) in [5.41, 5.74) is 1.81. The smallest absolute Gasteiger partial charge is 0.341 e. The number of thiocarbonyl (C=S) groups is 1. The highest BCUT2D eigenvalue weighted by Crippen LogP contribution is 2.37. The van der Waals surface area contributed by atoms with E-state index in [2.05, 4.69) is 10.2 Å². The second-order valence-corrected chi connectivity index (χ2v) is 10.1. The Bertz CT molecular complexity index is 843. The van der Waals surface area contributed by atoms with Crippen molar-refractivity contribution in [3.05, 3.63) is 16.0 Å². The van der Waals surface area contributed by atoms with E-state index >= 15 is 0 Å². The third-order valence-electron chi connectivity index (χ3n) is 6.46. The molecule has 3 heterocycles. The molecule has 0 spiro atoms. The number of nitrogens with zero attached hydrogens (tertiary/aromatic N) is 2. The minimum absolute atomic E-state index is 0.101. The zero-order valence-electron chi connectivity index (χ0n) is 18.8. The summed E-state index contributed by atoms with van der Waals surface area (Å²) in [4.78, 5) is 30.7. The van der Waals surface area contributed by atoms with Crippen molar-refractivity contribution in [1.29, 1.82) is 0 Å². The molecule has 1 aromatic heterocycles. The minimum atomic E-state index is -0.274. The molecule has 0 saturated carbocycles. The first-order chi connectivity index (χ1) is 15.6. The van der Waals surface area contributed by atoms with Gasteiger partial charge in [-0.3, -0.25) is 4.79 Å². The summed E-state index contributed by atoms with van der Waals surface area (Å²) < 4.78 is 10.9. The third-order valence-corrected chi connectivity index (χ3v) is 8.02. The van der Waals surface area contributed by atoms with Crippen molar-refractivity contribution in [2.45, 2.75) is 64.4 Å². The molecule has 2 fully saturated rings. The highest BCUT2D eigenvalue weighted by atomic mass is 32.1. The van der Waals surface area contributed by atoms with Crippen LogP contribution < -0.4 is 5.32 Å². The van der Waals surface area contributed by atoms with E-state index in [4.69, 9.17) is 21.7 Å². The lowest BCUT2D eigenvalue weighted by molar-refractivity contribution is -0.142. The normalized spacial score (nSPS) is 21.5. The van der Waals surface area contributed by atoms with Crippen molar-refractivity contribution in [1.82, 2.24) is 9.80 Å². The number of hydrogen-bond acceptors (Lipinski definition) is 6. The van der Waals surface area contributed by atoms with Gasteiger partial charge in [-0.1, -0.05) is 12.8 Å². The average molecular weight is 480 g/mol. The van der Waals surface area contributed by atoms with E-state index in [1.807, 2.05) is 11.8 Å². The number of amides is 1. The molecule has 1 aromatic rings. The molecule has 0 unspecified atom stereocenters. The Balaban J connectivity index is 1.43. The Labute approximate surface area is 199 Å². The van der Waals surface area contributed by atoms with Gasteiger partial charge in [-0.2, -0.15) is 0 Å². The van der Waals surface area contributed by atoms with E-state index in [1.54, 1.807) is 11.3 Å². The van der Waals surface area contributed by atoms with Crippen LogP contribution in [0.4, 0.5) is 5.00 Å². The minimum Gasteiger partial charge on any atom is -0.462 e. The monoisotopic (exact) mass is 479 g/mol. The fourth-order valence-corrected chi connectivity index (χ4v) is 6.33. The molecular weight excluding hydrogens is 446 g/mol. The summed E-state index contributed by atoms with van der Waals surface area (Å²) in [6, 6.07) is 0. The Kier molecular flexibility index (Phi) is 8.02. The van der Waals surface area contributed by atoms with Crippen LogP contribution in [0.5, 0.6) is 0 Å². The van der Waals surface area contributed by atoms with Gasteiger partial charge in [0.25, 0.3) is 5.91 Å². The maximum absolute atomic E-state index is 12.8. The predicted octanol–water partition coefficient (Wildman–Crippen LogP) is 3.60. The second-order valence-electron chi connectivity index (χ2n) is 8.59. The molecule has 4 rings (SSSR count). The number of piperazine rings is 1. The molecule has 32 heavy (non-hydrogen) atoms. The number of rotatable bonds is 4. The summed E-state index contributed by atoms with van der Waals surface area (Å²) in [6.45, 7) is 5.47. The Morgan fingerprint density at radius 3 is 2.50 bits per heavy atom. The van der Waals surface area contributed by atoms with Gasteiger partial charge >= 0.3 is 5.97 Å². The van der Waals surface area contributed by atoms with Gasteiger partial charge in [-0.15, -0.1) is 11.3 Å². The molecule has 7 nitrogen and oxygen atoms in total. The molecule has 1 atom stereocenters. The van der Waals surface area contributed by atoms with Gasteiger partial charge in [-0.05, 0) is 63.2 Å². The van der Waals surface area contributed by atoms with Crippen LogP contribution in [-0.4, -0.2) is 72.3 Å². The highest BCUT2D eigenvalue weighted by Gasteiger charge is 2.31. The number of carbonyl (C=O) groups is 2. The van der Waals surface area contributed by atoms with Crippen LogP contribution in [0.2, 0.25) is 0 Å². The van der Waals surface area contributed by atoms with Crippen LogP contribution in [0, 0.1) is 0 Å². The first-order valence-corrected chi connectivity index (χ1v) is 13.1. The van der Waals surface area contributed by atoms with Crippen LogP contribution >= 0.6 is 23.6 Å². The fourth-order valence-electron chi connectivity index (χ4n) is 4.71. The van der Waals surface area contributed by atoms with E-state index in [-0.39, 0.29) is 18.0 Å². The van der Waals surface area contributed by atoms with Crippen molar-refractivity contribution in [3.8, 4) is 0 Å². The van der Waals surface area contributed by atoms with Gasteiger partial charge in [0.05, 0.1) is 12.2 Å². The Morgan fingerprint density at radius 1 is 1.09 bits per heavy atom. The highest BCUT2D eigenvalue weighted by molar-refractivity contribution is 7.80. The number of carbonyl (C=O) groups excluding carboxylic acids is 2. The number of fused-ring (bicyclic) bond motifs is 1. The van der Waals surface area contributed by atoms with Crippen LogP contribution in [0.15, 0.2) is 0 Å². The zero-order valence-corrected chi connectivity index (χ0v) is 20.5. The number of nitrogens with one attached hydrogen (secondary N) is 1. The van der Waals surface area contributed by atoms with E-state index in [9.17, 15) is 9.59 Å². The van der Waals surface area contributed by atoms with E-state index in [0.29, 0.717) is 50.1 Å². The van der Waals surface area contributed by atoms with Crippen LogP contribution in [0.1, 0.15) is 66.2 Å². The van der Waals surface area contributed by atoms with Gasteiger partial charge < -0.3 is 24.6 Å². The molecule has 0 radical (unpaired) electrons. The number of anilines is 1. The Morgan fingerprint density at radius 2 is 1.81 bits per heavy atom. The summed E-state index contributed by atoms with van der Waals surface area (Å²) >= 11 is 7.36. The van der Waals surface area contributed by atoms with Crippen molar-refractivity contribution in [2.75, 3.05) is 44.7 Å². The van der Waals surface area contributed by atoms with Gasteiger partial charge in [0.15, 0.2) is 5.11 Å². The molecule has 3 aliphatic rings. The summed E-state index contributed by atoms with van der Waals surface area (Å²) in [6.07, 6.45) is 8.11. The topological polar surface area (TPSA) is 71.1 Å². The molecule has 0 bridgehead atoms. The first kappa shape index (κ1) is 23.4. The lowest BCUT2D eigenvalue weighted by Crippen LogP contribution is -2.53. The lowest BCUT2D eigenvalue weighted by Gasteiger charge is -2.37. The molecule has 0 aromatic carbocycles. The third kappa shape index (κ3) is 5.26. The molecular formula is C23H33N3O4S2. The number of aryl methyl sites for hydroxylation is 1. The molecule has 1 amide bonds. The second kappa shape index (κ2) is 10.9. The Hall–Kier alpha value is -1.71. The first-order valence-electron chi connectivity index (χ1n) is 11.9.